The fourth-order valence-electron chi connectivity index (χ4n) is 5.80. The summed E-state index contributed by atoms with van der Waals surface area (Å²) >= 11 is 0. The second-order valence-electron chi connectivity index (χ2n) is 11.3. The molecule has 4 rings (SSSR count). The fraction of sp³-hybridized carbons (Fsp3) is 0.457. The van der Waals surface area contributed by atoms with E-state index in [2.05, 4.69) is 52.3 Å². The summed E-state index contributed by atoms with van der Waals surface area (Å²) in [5.74, 6) is -0.462. The number of nitrogens with one attached hydrogen (secondary N) is 3. The van der Waals surface area contributed by atoms with Crippen molar-refractivity contribution in [1.82, 2.24) is 20.9 Å². The summed E-state index contributed by atoms with van der Waals surface area (Å²) in [5.41, 5.74) is 2.28. The maximum absolute atomic E-state index is 13.5. The lowest BCUT2D eigenvalue weighted by molar-refractivity contribution is -0.142. The molecule has 3 aromatic carbocycles. The molecule has 2 atom stereocenters. The molecule has 43 heavy (non-hydrogen) atoms. The maximum atomic E-state index is 13.5. The van der Waals surface area contributed by atoms with Crippen molar-refractivity contribution >= 4 is 40.9 Å². The van der Waals surface area contributed by atoms with Crippen LogP contribution in [-0.4, -0.2) is 60.9 Å². The van der Waals surface area contributed by atoms with Crippen LogP contribution in [0.15, 0.2) is 72.8 Å². The number of fused-ring (bicyclic) bond motifs is 1. The molecule has 0 aliphatic carbocycles. The van der Waals surface area contributed by atoms with Gasteiger partial charge in [0.05, 0.1) is 0 Å². The molecule has 0 saturated carbocycles. The standard InChI is InChI=1S/C35H46N4O3.ClH/c1-3-28(4-2)35(42)39-23-10-16-32(39)34(41)38-31(25-27-17-18-29-14-8-9-15-30(29)24-27)33(40)37-21-11-20-36-22-19-26-12-6-5-7-13-26;/h5-9,12-15,17-18,24,28,31-32,36H,3-4,10-11,16,19-23,25H2,1-2H3,(H,37,40)(H,38,41);1H/t31-,32?;/m1./s1. The zero-order valence-electron chi connectivity index (χ0n) is 25.5. The Balaban J connectivity index is 0.00000506. The molecule has 1 fully saturated rings. The van der Waals surface area contributed by atoms with Crippen LogP contribution >= 0.6 is 12.4 Å². The predicted octanol–water partition coefficient (Wildman–Crippen LogP) is 5.05. The molecule has 1 unspecified atom stereocenters. The second kappa shape index (κ2) is 17.6. The highest BCUT2D eigenvalue weighted by molar-refractivity contribution is 5.93. The van der Waals surface area contributed by atoms with Crippen LogP contribution in [-0.2, 0) is 27.2 Å². The first kappa shape index (κ1) is 34.1. The van der Waals surface area contributed by atoms with Gasteiger partial charge in [-0.15, -0.1) is 12.4 Å². The van der Waals surface area contributed by atoms with Gasteiger partial charge in [-0.25, -0.2) is 0 Å². The number of carbonyl (C=O) groups excluding carboxylic acids is 3. The van der Waals surface area contributed by atoms with Gasteiger partial charge in [0.1, 0.15) is 12.1 Å². The third kappa shape index (κ3) is 9.80. The van der Waals surface area contributed by atoms with E-state index in [1.165, 1.54) is 5.56 Å². The van der Waals surface area contributed by atoms with Gasteiger partial charge in [0.2, 0.25) is 17.7 Å². The normalized spacial score (nSPS) is 15.2. The fourth-order valence-corrected chi connectivity index (χ4v) is 5.80. The Labute approximate surface area is 262 Å². The van der Waals surface area contributed by atoms with Crippen LogP contribution in [0.25, 0.3) is 10.8 Å². The van der Waals surface area contributed by atoms with Crippen LogP contribution in [0.2, 0.25) is 0 Å². The first-order valence-electron chi connectivity index (χ1n) is 15.6. The summed E-state index contributed by atoms with van der Waals surface area (Å²) in [5, 5.41) is 11.7. The number of carbonyl (C=O) groups is 3. The van der Waals surface area contributed by atoms with Crippen LogP contribution in [0.4, 0.5) is 0 Å². The summed E-state index contributed by atoms with van der Waals surface area (Å²) in [7, 11) is 0. The van der Waals surface area contributed by atoms with E-state index < -0.39 is 12.1 Å². The SMILES string of the molecule is CCC(CC)C(=O)N1CCCC1C(=O)N[C@H](Cc1ccc2ccccc2c1)C(=O)NCCCNCCc1ccccc1.Cl. The maximum Gasteiger partial charge on any atom is 0.243 e. The first-order chi connectivity index (χ1) is 20.5. The Morgan fingerprint density at radius 3 is 2.33 bits per heavy atom. The Hall–Kier alpha value is -3.42. The first-order valence-corrected chi connectivity index (χ1v) is 15.6. The van der Waals surface area contributed by atoms with Crippen LogP contribution in [0, 0.1) is 5.92 Å². The van der Waals surface area contributed by atoms with Crippen molar-refractivity contribution in [1.29, 1.82) is 0 Å². The van der Waals surface area contributed by atoms with Crippen molar-refractivity contribution in [3.63, 3.8) is 0 Å². The molecule has 3 amide bonds. The highest BCUT2D eigenvalue weighted by Crippen LogP contribution is 2.23. The number of rotatable bonds is 15. The number of benzene rings is 3. The van der Waals surface area contributed by atoms with E-state index in [1.807, 2.05) is 50.2 Å². The van der Waals surface area contributed by atoms with Gasteiger partial charge in [-0.05, 0) is 73.5 Å². The zero-order valence-corrected chi connectivity index (χ0v) is 26.3. The predicted molar refractivity (Wildman–Crippen MR) is 176 cm³/mol. The lowest BCUT2D eigenvalue weighted by Crippen LogP contribution is -2.54. The molecule has 0 bridgehead atoms. The lowest BCUT2D eigenvalue weighted by atomic mass is 10.00. The zero-order chi connectivity index (χ0) is 29.7. The Morgan fingerprint density at radius 2 is 1.58 bits per heavy atom. The molecule has 0 spiro atoms. The van der Waals surface area contributed by atoms with E-state index >= 15 is 0 Å². The van der Waals surface area contributed by atoms with E-state index in [-0.39, 0.29) is 36.0 Å². The van der Waals surface area contributed by atoms with E-state index in [0.717, 1.165) is 61.5 Å². The summed E-state index contributed by atoms with van der Waals surface area (Å²) in [6.45, 7) is 6.81. The molecule has 7 nitrogen and oxygen atoms in total. The minimum atomic E-state index is -0.726. The summed E-state index contributed by atoms with van der Waals surface area (Å²) in [6.07, 6.45) is 5.06. The van der Waals surface area contributed by atoms with Gasteiger partial charge < -0.3 is 20.9 Å². The van der Waals surface area contributed by atoms with Gasteiger partial charge in [0.15, 0.2) is 0 Å². The average molecular weight is 607 g/mol. The van der Waals surface area contributed by atoms with E-state index in [4.69, 9.17) is 0 Å². The van der Waals surface area contributed by atoms with Crippen LogP contribution < -0.4 is 16.0 Å². The molecule has 8 heteroatoms. The van der Waals surface area contributed by atoms with E-state index in [1.54, 1.807) is 4.90 Å². The number of nitrogens with zero attached hydrogens (tertiary/aromatic N) is 1. The smallest absolute Gasteiger partial charge is 0.243 e. The topological polar surface area (TPSA) is 90.5 Å². The quantitative estimate of drug-likeness (QED) is 0.211. The second-order valence-corrected chi connectivity index (χ2v) is 11.3. The average Bonchev–Trinajstić information content (AvgIpc) is 3.51. The summed E-state index contributed by atoms with van der Waals surface area (Å²) < 4.78 is 0. The number of hydrogen-bond acceptors (Lipinski definition) is 4. The lowest BCUT2D eigenvalue weighted by Gasteiger charge is -2.29. The summed E-state index contributed by atoms with van der Waals surface area (Å²) in [4.78, 5) is 41.9. The molecular formula is C35H47ClN4O3. The minimum Gasteiger partial charge on any atom is -0.354 e. The largest absolute Gasteiger partial charge is 0.354 e. The molecule has 1 aliphatic heterocycles. The Bertz CT molecular complexity index is 1310. The molecule has 0 aromatic heterocycles. The van der Waals surface area contributed by atoms with Gasteiger partial charge in [-0.1, -0.05) is 86.6 Å². The van der Waals surface area contributed by atoms with Gasteiger partial charge in [-0.2, -0.15) is 0 Å². The highest BCUT2D eigenvalue weighted by Gasteiger charge is 2.37. The highest BCUT2D eigenvalue weighted by atomic mass is 35.5. The Morgan fingerprint density at radius 1 is 0.860 bits per heavy atom. The minimum absolute atomic E-state index is 0. The van der Waals surface area contributed by atoms with Gasteiger partial charge in [0.25, 0.3) is 0 Å². The summed E-state index contributed by atoms with van der Waals surface area (Å²) in [6, 6.07) is 23.4. The van der Waals surface area contributed by atoms with Crippen molar-refractivity contribution < 1.29 is 14.4 Å². The molecule has 3 aromatic rings. The molecule has 1 aliphatic rings. The Kier molecular flexibility index (Phi) is 14.0. The van der Waals surface area contributed by atoms with Crippen molar-refractivity contribution in [2.75, 3.05) is 26.2 Å². The third-order valence-corrected chi connectivity index (χ3v) is 8.32. The van der Waals surface area contributed by atoms with Crippen molar-refractivity contribution in [2.24, 2.45) is 5.92 Å². The van der Waals surface area contributed by atoms with Crippen molar-refractivity contribution in [3.05, 3.63) is 83.9 Å². The molecule has 1 saturated heterocycles. The number of halogens is 1. The van der Waals surface area contributed by atoms with Crippen LogP contribution in [0.5, 0.6) is 0 Å². The van der Waals surface area contributed by atoms with E-state index in [9.17, 15) is 14.4 Å². The molecule has 3 N–H and O–H groups in total. The number of hydrogen-bond donors (Lipinski definition) is 3. The number of likely N-dealkylation sites (tertiary alicyclic amines) is 1. The van der Waals surface area contributed by atoms with Crippen LogP contribution in [0.3, 0.4) is 0 Å². The van der Waals surface area contributed by atoms with Crippen LogP contribution in [0.1, 0.15) is 57.1 Å². The molecule has 0 radical (unpaired) electrons. The van der Waals surface area contributed by atoms with Gasteiger partial charge in [0, 0.05) is 25.4 Å². The molecular weight excluding hydrogens is 560 g/mol. The van der Waals surface area contributed by atoms with Gasteiger partial charge in [-0.3, -0.25) is 14.4 Å². The van der Waals surface area contributed by atoms with E-state index in [0.29, 0.717) is 25.9 Å². The third-order valence-electron chi connectivity index (χ3n) is 8.32. The van der Waals surface area contributed by atoms with Crippen molar-refractivity contribution in [3.8, 4) is 0 Å². The van der Waals surface area contributed by atoms with Gasteiger partial charge >= 0.3 is 0 Å². The van der Waals surface area contributed by atoms with Crippen molar-refractivity contribution in [2.45, 2.75) is 70.9 Å². The molecule has 232 valence electrons. The number of amides is 3. The molecule has 1 heterocycles. The monoisotopic (exact) mass is 606 g/mol.